The molecule has 1 fully saturated rings. The summed E-state index contributed by atoms with van der Waals surface area (Å²) in [5.41, 5.74) is 2.27. The Kier molecular flexibility index (Phi) is 17.1. The predicted molar refractivity (Wildman–Crippen MR) is 264 cm³/mol. The summed E-state index contributed by atoms with van der Waals surface area (Å²) in [5.74, 6) is 1.17. The van der Waals surface area contributed by atoms with Crippen molar-refractivity contribution in [1.82, 2.24) is 29.3 Å². The van der Waals surface area contributed by atoms with E-state index in [0.29, 0.717) is 28.2 Å². The van der Waals surface area contributed by atoms with Crippen molar-refractivity contribution in [3.05, 3.63) is 144 Å². The van der Waals surface area contributed by atoms with Crippen LogP contribution in [0.1, 0.15) is 67.4 Å². The number of imidazole rings is 1. The van der Waals surface area contributed by atoms with Crippen LogP contribution in [0.3, 0.4) is 0 Å². The number of carbonyl (C=O) groups excluding carboxylic acids is 1. The van der Waals surface area contributed by atoms with Crippen LogP contribution in [-0.4, -0.2) is 125 Å². The number of methoxy groups -OCH3 is 2. The number of nitrogens with zero attached hydrogens (tertiary/aromatic N) is 7. The molecule has 1 aliphatic heterocycles. The van der Waals surface area contributed by atoms with E-state index >= 15 is 0 Å². The molecule has 0 bridgehead atoms. The van der Waals surface area contributed by atoms with Gasteiger partial charge >= 0.3 is 387 Å². The van der Waals surface area contributed by atoms with Crippen LogP contribution in [0.4, 0.5) is 5.82 Å². The van der Waals surface area contributed by atoms with Gasteiger partial charge in [0.05, 0.1) is 0 Å². The maximum atomic E-state index is 13.4. The summed E-state index contributed by atoms with van der Waals surface area (Å²) in [6.07, 6.45) is -0.848. The molecule has 366 valence electrons. The quantitative estimate of drug-likeness (QED) is 0.0274. The van der Waals surface area contributed by atoms with Crippen molar-refractivity contribution in [2.24, 2.45) is 0 Å². The van der Waals surface area contributed by atoms with Crippen molar-refractivity contribution in [1.29, 1.82) is 5.26 Å². The van der Waals surface area contributed by atoms with Gasteiger partial charge in [0.2, 0.25) is 0 Å². The maximum absolute atomic E-state index is 13.4. The molecule has 0 saturated carbocycles. The number of anilines is 1. The van der Waals surface area contributed by atoms with Crippen LogP contribution >= 0.6 is 7.87 Å². The molecule has 4 aromatic carbocycles. The van der Waals surface area contributed by atoms with Crippen molar-refractivity contribution in [2.75, 3.05) is 59.6 Å². The Morgan fingerprint density at radius 3 is 2.00 bits per heavy atom. The summed E-state index contributed by atoms with van der Waals surface area (Å²) in [7, 11) is 2.78. The number of hydrogen-bond acceptors (Lipinski definition) is 15. The van der Waals surface area contributed by atoms with Gasteiger partial charge in [0.15, 0.2) is 0 Å². The van der Waals surface area contributed by atoms with Gasteiger partial charge in [0.25, 0.3) is 0 Å². The van der Waals surface area contributed by atoms with Crippen LogP contribution < -0.4 is 14.8 Å². The summed E-state index contributed by atoms with van der Waals surface area (Å²) in [6, 6.07) is 36.1. The molecule has 1 saturated heterocycles. The summed E-state index contributed by atoms with van der Waals surface area (Å²) in [5, 5.41) is 14.4. The SMILES string of the molecule is COc1ccc(C(OC[C@H]2O[C@@H](n3cnc4c(NC(=O)c5ccccc5)ncnc43)[C@H](OCCON(C)C)[C@@H]2O[PH](O)(CCC#N)N(C(C)C)C(C)C)(c2ccccc2)c2ccc(OC)cc2)cc1. The summed E-state index contributed by atoms with van der Waals surface area (Å²) in [4.78, 5) is 46.0. The van der Waals surface area contributed by atoms with Gasteiger partial charge in [-0.25, -0.2) is 0 Å². The van der Waals surface area contributed by atoms with Gasteiger partial charge in [-0.3, -0.25) is 0 Å². The molecule has 2 aromatic heterocycles. The molecule has 4 atom stereocenters. The van der Waals surface area contributed by atoms with Crippen LogP contribution in [-0.2, 0) is 29.2 Å². The Labute approximate surface area is 404 Å². The predicted octanol–water partition coefficient (Wildman–Crippen LogP) is 7.79. The van der Waals surface area contributed by atoms with Crippen LogP contribution in [0, 0.1) is 11.3 Å². The number of benzene rings is 4. The minimum absolute atomic E-state index is 0.0473. The monoisotopic (exact) mass is 962 g/mol. The number of fused-ring (bicyclic) bond motifs is 1. The normalized spacial score (nSPS) is 17.7. The topological polar surface area (TPSA) is 188 Å². The first kappa shape index (κ1) is 51.0. The van der Waals surface area contributed by atoms with Crippen LogP contribution in [0.15, 0.2) is 122 Å². The molecule has 0 unspecified atom stereocenters. The Bertz CT molecular complexity index is 2560. The van der Waals surface area contributed by atoms with Crippen molar-refractivity contribution in [3.8, 4) is 17.6 Å². The second-order valence-electron chi connectivity index (χ2n) is 17.3. The Morgan fingerprint density at radius 2 is 1.43 bits per heavy atom. The third-order valence-electron chi connectivity index (χ3n) is 12.0. The average Bonchev–Trinajstić information content (AvgIpc) is 3.94. The first-order chi connectivity index (χ1) is 33.3. The first-order valence-corrected chi connectivity index (χ1v) is 25.0. The second-order valence-corrected chi connectivity index (χ2v) is 20.0. The molecular formula is C51H63N8O9P. The molecule has 1 aliphatic rings. The number of hydrogen-bond donors (Lipinski definition) is 2. The fourth-order valence-electron chi connectivity index (χ4n) is 9.06. The van der Waals surface area contributed by atoms with Crippen LogP contribution in [0.5, 0.6) is 11.5 Å². The number of amides is 1. The zero-order chi connectivity index (χ0) is 49.1. The van der Waals surface area contributed by atoms with E-state index in [0.717, 1.165) is 16.7 Å². The third-order valence-corrected chi connectivity index (χ3v) is 15.4. The number of ether oxygens (including phenoxy) is 5. The Balaban J connectivity index is 1.38. The molecule has 0 aliphatic carbocycles. The molecule has 69 heavy (non-hydrogen) atoms. The third kappa shape index (κ3) is 11.4. The number of hydroxylamine groups is 2. The van der Waals surface area contributed by atoms with Gasteiger partial charge in [-0.05, 0) is 0 Å². The summed E-state index contributed by atoms with van der Waals surface area (Å²) >= 11 is 0. The molecule has 18 heteroatoms. The fourth-order valence-corrected chi connectivity index (χ4v) is 12.3. The standard InChI is InChI=1S/C51H63N8O9P/c1-35(2)59(36(3)4)69(61,31-15-28-52)68-45-43(32-65-51(38-18-13-10-14-19-38,39-20-24-41(62-7)25-21-39)40-22-26-42(63-8)27-23-40)67-50(46(45)64-29-30-66-57(5)6)58-34-55-44-47(53-33-54-48(44)58)56-49(60)37-16-11-9-12-17-37/h9-14,16-27,33-36,43,45-46,50,61,69H,15,29-32H2,1-8H3,(H,53,54,56,60)/t43-,45-,46-,50-/m1/s1. The first-order valence-electron chi connectivity index (χ1n) is 23.0. The van der Waals surface area contributed by atoms with E-state index in [1.807, 2.05) is 117 Å². The van der Waals surface area contributed by atoms with Crippen LogP contribution in [0.2, 0.25) is 0 Å². The molecule has 7 rings (SSSR count). The molecule has 6 aromatic rings. The number of nitriles is 1. The zero-order valence-electron chi connectivity index (χ0n) is 40.4. The van der Waals surface area contributed by atoms with Gasteiger partial charge in [-0.2, -0.15) is 0 Å². The van der Waals surface area contributed by atoms with E-state index < -0.39 is 38.0 Å². The van der Waals surface area contributed by atoms with Crippen molar-refractivity contribution in [2.45, 2.75) is 76.3 Å². The van der Waals surface area contributed by atoms with E-state index in [1.54, 1.807) is 68.5 Å². The van der Waals surface area contributed by atoms with Crippen molar-refractivity contribution >= 4 is 30.8 Å². The van der Waals surface area contributed by atoms with Gasteiger partial charge in [0.1, 0.15) is 0 Å². The number of carbonyl (C=O) groups is 1. The molecule has 17 nitrogen and oxygen atoms in total. The van der Waals surface area contributed by atoms with Crippen LogP contribution in [0.25, 0.3) is 11.2 Å². The molecule has 1 amide bonds. The number of aromatic nitrogens is 4. The van der Waals surface area contributed by atoms with E-state index in [4.69, 9.17) is 38.0 Å². The van der Waals surface area contributed by atoms with Gasteiger partial charge in [-0.1, -0.05) is 18.2 Å². The van der Waals surface area contributed by atoms with E-state index in [9.17, 15) is 14.9 Å². The minimum atomic E-state index is -4.03. The second kappa shape index (κ2) is 23.1. The summed E-state index contributed by atoms with van der Waals surface area (Å²) in [6.45, 7) is 8.16. The van der Waals surface area contributed by atoms with Gasteiger partial charge in [-0.15, -0.1) is 0 Å². The zero-order valence-corrected chi connectivity index (χ0v) is 41.4. The van der Waals surface area contributed by atoms with Crippen molar-refractivity contribution in [3.63, 3.8) is 0 Å². The molecule has 0 spiro atoms. The van der Waals surface area contributed by atoms with Crippen molar-refractivity contribution < 1.29 is 42.7 Å². The molecule has 0 radical (unpaired) electrons. The summed E-state index contributed by atoms with van der Waals surface area (Å²) < 4.78 is 43.6. The van der Waals surface area contributed by atoms with E-state index in [1.165, 1.54) is 6.33 Å². The van der Waals surface area contributed by atoms with E-state index in [-0.39, 0.29) is 56.2 Å². The van der Waals surface area contributed by atoms with Gasteiger partial charge in [0, 0.05) is 0 Å². The van der Waals surface area contributed by atoms with E-state index in [2.05, 4.69) is 21.4 Å². The average molecular weight is 963 g/mol. The number of rotatable bonds is 23. The molecule has 3 heterocycles. The Hall–Kier alpha value is -5.90. The molecule has 2 N–H and O–H groups in total. The fraction of sp³-hybridized carbons (Fsp3) is 0.392. The van der Waals surface area contributed by atoms with Gasteiger partial charge < -0.3 is 0 Å². The number of nitrogens with one attached hydrogen (secondary N) is 1. The Morgan fingerprint density at radius 1 is 0.841 bits per heavy atom. The molecular weight excluding hydrogens is 900 g/mol.